The van der Waals surface area contributed by atoms with Crippen LogP contribution in [0.15, 0.2) is 42.7 Å². The van der Waals surface area contributed by atoms with Gasteiger partial charge in [-0.3, -0.25) is 4.79 Å². The minimum absolute atomic E-state index is 0.457. The molecule has 2 N–H and O–H groups in total. The molecule has 1 heterocycles. The van der Waals surface area contributed by atoms with E-state index in [2.05, 4.69) is 4.98 Å². The average molecular weight is 229 g/mol. The predicted molar refractivity (Wildman–Crippen MR) is 66.1 cm³/mol. The van der Waals surface area contributed by atoms with Crippen LogP contribution >= 0.6 is 0 Å². The number of rotatable bonds is 4. The van der Waals surface area contributed by atoms with Crippen LogP contribution in [0.1, 0.15) is 29.5 Å². The zero-order valence-corrected chi connectivity index (χ0v) is 9.68. The molecule has 0 aliphatic heterocycles. The highest BCUT2D eigenvalue weighted by Gasteiger charge is 2.13. The molecule has 0 fully saturated rings. The molecule has 0 spiro atoms. The minimum atomic E-state index is -0.788. The number of carbonyl (C=O) groups is 1. The van der Waals surface area contributed by atoms with E-state index in [1.807, 2.05) is 42.7 Å². The monoisotopic (exact) mass is 229 g/mol. The normalized spacial score (nSPS) is 12.3. The first-order valence-electron chi connectivity index (χ1n) is 5.60. The Kier molecular flexibility index (Phi) is 3.28. The second-order valence-corrected chi connectivity index (χ2v) is 4.20. The molecule has 1 atom stereocenters. The summed E-state index contributed by atoms with van der Waals surface area (Å²) < 4.78 is 0. The smallest absolute Gasteiger partial charge is 0.310 e. The van der Waals surface area contributed by atoms with Crippen molar-refractivity contribution in [2.45, 2.75) is 19.3 Å². The van der Waals surface area contributed by atoms with Crippen molar-refractivity contribution < 1.29 is 9.90 Å². The zero-order chi connectivity index (χ0) is 12.3. The highest BCUT2D eigenvalue weighted by Crippen LogP contribution is 2.18. The maximum Gasteiger partial charge on any atom is 0.310 e. The first-order chi connectivity index (χ1) is 8.16. The van der Waals surface area contributed by atoms with Crippen molar-refractivity contribution >= 4 is 5.97 Å². The van der Waals surface area contributed by atoms with Crippen molar-refractivity contribution in [3.8, 4) is 0 Å². The number of aromatic amines is 1. The highest BCUT2D eigenvalue weighted by molar-refractivity contribution is 5.75. The Morgan fingerprint density at radius 3 is 2.82 bits per heavy atom. The minimum Gasteiger partial charge on any atom is -0.481 e. The number of aliphatic carboxylic acids is 1. The molecule has 1 aromatic heterocycles. The molecule has 0 saturated carbocycles. The number of benzene rings is 1. The van der Waals surface area contributed by atoms with Crippen LogP contribution < -0.4 is 0 Å². The molecule has 0 aliphatic rings. The molecule has 3 heteroatoms. The van der Waals surface area contributed by atoms with E-state index in [1.54, 1.807) is 6.92 Å². The van der Waals surface area contributed by atoms with Gasteiger partial charge >= 0.3 is 5.97 Å². The summed E-state index contributed by atoms with van der Waals surface area (Å²) in [6.45, 7) is 1.71. The van der Waals surface area contributed by atoms with Crippen LogP contribution in [0.3, 0.4) is 0 Å². The zero-order valence-electron chi connectivity index (χ0n) is 9.68. The Hall–Kier alpha value is -2.03. The third kappa shape index (κ3) is 2.75. The number of H-pyrrole nitrogens is 1. The Labute approximate surface area is 100 Å². The lowest BCUT2D eigenvalue weighted by Crippen LogP contribution is -2.07. The molecular formula is C14H15NO2. The van der Waals surface area contributed by atoms with E-state index in [9.17, 15) is 4.79 Å². The lowest BCUT2D eigenvalue weighted by Gasteiger charge is -2.08. The van der Waals surface area contributed by atoms with Gasteiger partial charge in [0.1, 0.15) is 0 Å². The summed E-state index contributed by atoms with van der Waals surface area (Å²) in [6.07, 6.45) is 4.66. The number of nitrogens with one attached hydrogen (secondary N) is 1. The lowest BCUT2D eigenvalue weighted by molar-refractivity contribution is -0.138. The first kappa shape index (κ1) is 11.5. The van der Waals surface area contributed by atoms with Crippen LogP contribution in [-0.4, -0.2) is 16.1 Å². The molecule has 0 saturated heterocycles. The molecule has 0 aliphatic carbocycles. The van der Waals surface area contributed by atoms with Crippen molar-refractivity contribution in [3.63, 3.8) is 0 Å². The third-order valence-electron chi connectivity index (χ3n) is 2.89. The number of carboxylic acid groups (broad SMARTS) is 1. The summed E-state index contributed by atoms with van der Waals surface area (Å²) in [7, 11) is 0. The van der Waals surface area contributed by atoms with Crippen molar-refractivity contribution in [2.24, 2.45) is 0 Å². The fourth-order valence-electron chi connectivity index (χ4n) is 1.82. The second kappa shape index (κ2) is 4.87. The molecule has 0 amide bonds. The molecule has 1 aromatic carbocycles. The quantitative estimate of drug-likeness (QED) is 0.847. The maximum atomic E-state index is 10.9. The van der Waals surface area contributed by atoms with Crippen LogP contribution in [0.4, 0.5) is 0 Å². The summed E-state index contributed by atoms with van der Waals surface area (Å²) >= 11 is 0. The largest absolute Gasteiger partial charge is 0.481 e. The molecule has 0 bridgehead atoms. The van der Waals surface area contributed by atoms with Crippen molar-refractivity contribution in [3.05, 3.63) is 59.4 Å². The molecule has 1 unspecified atom stereocenters. The fraction of sp³-hybridized carbons (Fsp3) is 0.214. The Bertz CT molecular complexity index is 503. The van der Waals surface area contributed by atoms with Crippen LogP contribution in [0.2, 0.25) is 0 Å². The van der Waals surface area contributed by atoms with Gasteiger partial charge in [-0.25, -0.2) is 0 Å². The molecule has 2 rings (SSSR count). The number of hydrogen-bond acceptors (Lipinski definition) is 1. The highest BCUT2D eigenvalue weighted by atomic mass is 16.4. The summed E-state index contributed by atoms with van der Waals surface area (Å²) in [5.41, 5.74) is 3.19. The van der Waals surface area contributed by atoms with Gasteiger partial charge in [-0.1, -0.05) is 24.3 Å². The fourth-order valence-corrected chi connectivity index (χ4v) is 1.82. The van der Waals surface area contributed by atoms with Gasteiger partial charge in [0.2, 0.25) is 0 Å². The topological polar surface area (TPSA) is 53.1 Å². The van der Waals surface area contributed by atoms with Crippen LogP contribution in [0, 0.1) is 0 Å². The first-order valence-corrected chi connectivity index (χ1v) is 5.60. The van der Waals surface area contributed by atoms with Crippen molar-refractivity contribution in [1.82, 2.24) is 4.98 Å². The van der Waals surface area contributed by atoms with Gasteiger partial charge in [0, 0.05) is 12.4 Å². The second-order valence-electron chi connectivity index (χ2n) is 4.20. The van der Waals surface area contributed by atoms with Crippen LogP contribution in [0.25, 0.3) is 0 Å². The van der Waals surface area contributed by atoms with Crippen LogP contribution in [0.5, 0.6) is 0 Å². The average Bonchev–Trinajstić information content (AvgIpc) is 2.81. The molecule has 0 radical (unpaired) electrons. The van der Waals surface area contributed by atoms with E-state index in [1.165, 1.54) is 5.56 Å². The van der Waals surface area contributed by atoms with Gasteiger partial charge in [-0.2, -0.15) is 0 Å². The molecular weight excluding hydrogens is 214 g/mol. The number of carboxylic acids is 1. The summed E-state index contributed by atoms with van der Waals surface area (Å²) in [5.74, 6) is -1.25. The van der Waals surface area contributed by atoms with Crippen LogP contribution in [-0.2, 0) is 11.2 Å². The van der Waals surface area contributed by atoms with Crippen molar-refractivity contribution in [2.75, 3.05) is 0 Å². The van der Waals surface area contributed by atoms with E-state index in [0.29, 0.717) is 0 Å². The Morgan fingerprint density at radius 1 is 1.35 bits per heavy atom. The van der Waals surface area contributed by atoms with Gasteiger partial charge in [0.05, 0.1) is 5.92 Å². The summed E-state index contributed by atoms with van der Waals surface area (Å²) in [5, 5.41) is 8.98. The SMILES string of the molecule is CC(C(=O)O)c1cccc(Cc2cc[nH]c2)c1. The van der Waals surface area contributed by atoms with E-state index >= 15 is 0 Å². The molecule has 2 aromatic rings. The molecule has 3 nitrogen and oxygen atoms in total. The summed E-state index contributed by atoms with van der Waals surface area (Å²) in [4.78, 5) is 13.9. The van der Waals surface area contributed by atoms with E-state index in [-0.39, 0.29) is 0 Å². The van der Waals surface area contributed by atoms with Gasteiger partial charge in [-0.05, 0) is 36.1 Å². The van der Waals surface area contributed by atoms with E-state index in [4.69, 9.17) is 5.11 Å². The molecule has 88 valence electrons. The maximum absolute atomic E-state index is 10.9. The van der Waals surface area contributed by atoms with Gasteiger partial charge in [0.25, 0.3) is 0 Å². The van der Waals surface area contributed by atoms with Gasteiger partial charge < -0.3 is 10.1 Å². The Morgan fingerprint density at radius 2 is 2.18 bits per heavy atom. The van der Waals surface area contributed by atoms with Gasteiger partial charge in [-0.15, -0.1) is 0 Å². The number of hydrogen-bond donors (Lipinski definition) is 2. The third-order valence-corrected chi connectivity index (χ3v) is 2.89. The Balaban J connectivity index is 2.19. The van der Waals surface area contributed by atoms with Gasteiger partial charge in [0.15, 0.2) is 0 Å². The van der Waals surface area contributed by atoms with E-state index in [0.717, 1.165) is 17.5 Å². The van der Waals surface area contributed by atoms with Crippen molar-refractivity contribution in [1.29, 1.82) is 0 Å². The predicted octanol–water partition coefficient (Wildman–Crippen LogP) is 2.79. The lowest BCUT2D eigenvalue weighted by atomic mass is 9.97. The number of aromatic nitrogens is 1. The standard InChI is InChI=1S/C14H15NO2/c1-10(14(16)17)13-4-2-3-11(8-13)7-12-5-6-15-9-12/h2-6,8-10,15H,7H2,1H3,(H,16,17). The summed E-state index contributed by atoms with van der Waals surface area (Å²) in [6, 6.07) is 9.78. The van der Waals surface area contributed by atoms with E-state index < -0.39 is 11.9 Å². The molecule has 17 heavy (non-hydrogen) atoms.